The molecule has 4 rings (SSSR count). The molecule has 0 bridgehead atoms. The van der Waals surface area contributed by atoms with Crippen molar-refractivity contribution in [1.29, 1.82) is 0 Å². The Balaban J connectivity index is 1.36. The smallest absolute Gasteiger partial charge is 0.321 e. The summed E-state index contributed by atoms with van der Waals surface area (Å²) < 4.78 is 1.77. The average molecular weight is 372 g/mol. The fourth-order valence-electron chi connectivity index (χ4n) is 3.76. The average Bonchev–Trinajstić information content (AvgIpc) is 3.24. The zero-order valence-corrected chi connectivity index (χ0v) is 15.7. The first-order valence-electron chi connectivity index (χ1n) is 9.28. The Hall–Kier alpha value is -1.99. The largest absolute Gasteiger partial charge is 0.324 e. The van der Waals surface area contributed by atoms with Crippen LogP contribution in [0.3, 0.4) is 0 Å². The number of para-hydroxylation sites is 2. The zero-order valence-electron chi connectivity index (χ0n) is 14.9. The van der Waals surface area contributed by atoms with Crippen LogP contribution < -0.4 is 5.32 Å². The van der Waals surface area contributed by atoms with Crippen LogP contribution >= 0.6 is 11.8 Å². The monoisotopic (exact) mass is 371 g/mol. The minimum atomic E-state index is -0.0164. The van der Waals surface area contributed by atoms with E-state index in [1.165, 1.54) is 24.6 Å². The molecule has 0 spiro atoms. The van der Waals surface area contributed by atoms with Gasteiger partial charge in [-0.3, -0.25) is 4.90 Å². The second-order valence-corrected chi connectivity index (χ2v) is 7.99. The van der Waals surface area contributed by atoms with Crippen LogP contribution in [0.2, 0.25) is 0 Å². The number of nitrogens with one attached hydrogen (secondary N) is 1. The van der Waals surface area contributed by atoms with E-state index in [0.717, 1.165) is 37.3 Å². The molecule has 2 aliphatic heterocycles. The standard InChI is InChI=1S/C19H25N5OS/c25-19(21-17-4-1-2-5-18(17)24-9-3-8-20-24)23-10-6-16(7-11-23)22-12-14-26-15-13-22/h1-5,8-9,16H,6-7,10-15H2,(H,21,25). The molecule has 26 heavy (non-hydrogen) atoms. The van der Waals surface area contributed by atoms with Crippen molar-refractivity contribution in [1.82, 2.24) is 19.6 Å². The van der Waals surface area contributed by atoms with Gasteiger partial charge in [-0.15, -0.1) is 0 Å². The van der Waals surface area contributed by atoms with Gasteiger partial charge in [-0.05, 0) is 31.0 Å². The summed E-state index contributed by atoms with van der Waals surface area (Å²) in [4.78, 5) is 17.3. The van der Waals surface area contributed by atoms with E-state index in [1.54, 1.807) is 10.9 Å². The first-order valence-corrected chi connectivity index (χ1v) is 10.4. The van der Waals surface area contributed by atoms with Gasteiger partial charge < -0.3 is 10.2 Å². The summed E-state index contributed by atoms with van der Waals surface area (Å²) in [6.45, 7) is 4.03. The van der Waals surface area contributed by atoms with E-state index in [0.29, 0.717) is 6.04 Å². The molecule has 0 radical (unpaired) electrons. The normalized spacial score (nSPS) is 19.5. The molecule has 0 saturated carbocycles. The van der Waals surface area contributed by atoms with Crippen molar-refractivity contribution in [2.24, 2.45) is 0 Å². The van der Waals surface area contributed by atoms with Crippen LogP contribution in [0, 0.1) is 0 Å². The number of urea groups is 1. The van der Waals surface area contributed by atoms with Crippen LogP contribution in [0.4, 0.5) is 10.5 Å². The predicted molar refractivity (Wildman–Crippen MR) is 106 cm³/mol. The summed E-state index contributed by atoms with van der Waals surface area (Å²) in [7, 11) is 0. The Labute approximate surface area is 158 Å². The van der Waals surface area contributed by atoms with Crippen molar-refractivity contribution in [2.45, 2.75) is 18.9 Å². The molecule has 1 aromatic heterocycles. The number of amides is 2. The van der Waals surface area contributed by atoms with Crippen LogP contribution in [-0.4, -0.2) is 69.3 Å². The van der Waals surface area contributed by atoms with E-state index < -0.39 is 0 Å². The van der Waals surface area contributed by atoms with E-state index in [1.807, 2.05) is 53.2 Å². The molecule has 3 heterocycles. The van der Waals surface area contributed by atoms with Gasteiger partial charge >= 0.3 is 6.03 Å². The third kappa shape index (κ3) is 3.88. The quantitative estimate of drug-likeness (QED) is 0.901. The van der Waals surface area contributed by atoms with Crippen LogP contribution in [0.1, 0.15) is 12.8 Å². The number of carbonyl (C=O) groups is 1. The first kappa shape index (κ1) is 17.4. The van der Waals surface area contributed by atoms with Gasteiger partial charge in [-0.2, -0.15) is 16.9 Å². The lowest BCUT2D eigenvalue weighted by atomic mass is 10.0. The Morgan fingerprint density at radius 2 is 1.85 bits per heavy atom. The molecule has 2 aliphatic rings. The lowest BCUT2D eigenvalue weighted by Gasteiger charge is -2.40. The Bertz CT molecular complexity index is 721. The number of thioether (sulfide) groups is 1. The van der Waals surface area contributed by atoms with Crippen molar-refractivity contribution >= 4 is 23.5 Å². The number of benzene rings is 1. The highest BCUT2D eigenvalue weighted by Crippen LogP contribution is 2.23. The van der Waals surface area contributed by atoms with Crippen molar-refractivity contribution in [3.63, 3.8) is 0 Å². The number of hydrogen-bond donors (Lipinski definition) is 1. The van der Waals surface area contributed by atoms with E-state index in [9.17, 15) is 4.79 Å². The Morgan fingerprint density at radius 3 is 2.58 bits per heavy atom. The van der Waals surface area contributed by atoms with Crippen LogP contribution in [0.15, 0.2) is 42.7 Å². The van der Waals surface area contributed by atoms with Gasteiger partial charge in [0, 0.05) is 56.1 Å². The molecule has 2 aromatic rings. The highest BCUT2D eigenvalue weighted by atomic mass is 32.2. The van der Waals surface area contributed by atoms with E-state index in [2.05, 4.69) is 15.3 Å². The Kier molecular flexibility index (Phi) is 5.45. The number of anilines is 1. The van der Waals surface area contributed by atoms with Gasteiger partial charge in [0.2, 0.25) is 0 Å². The topological polar surface area (TPSA) is 53.4 Å². The minimum Gasteiger partial charge on any atom is -0.324 e. The maximum Gasteiger partial charge on any atom is 0.321 e. The number of aromatic nitrogens is 2. The number of carbonyl (C=O) groups excluding carboxylic acids is 1. The van der Waals surface area contributed by atoms with Crippen LogP contribution in [0.25, 0.3) is 5.69 Å². The molecule has 2 saturated heterocycles. The molecule has 1 N–H and O–H groups in total. The van der Waals surface area contributed by atoms with Gasteiger partial charge in [0.05, 0.1) is 11.4 Å². The summed E-state index contributed by atoms with van der Waals surface area (Å²) in [5, 5.41) is 7.35. The maximum atomic E-state index is 12.7. The number of piperidine rings is 1. The maximum absolute atomic E-state index is 12.7. The highest BCUT2D eigenvalue weighted by molar-refractivity contribution is 7.99. The fourth-order valence-corrected chi connectivity index (χ4v) is 4.69. The van der Waals surface area contributed by atoms with Gasteiger partial charge in [0.25, 0.3) is 0 Å². The van der Waals surface area contributed by atoms with Crippen molar-refractivity contribution in [2.75, 3.05) is 43.0 Å². The Morgan fingerprint density at radius 1 is 1.08 bits per heavy atom. The number of likely N-dealkylation sites (tertiary alicyclic amines) is 1. The van der Waals surface area contributed by atoms with E-state index >= 15 is 0 Å². The minimum absolute atomic E-state index is 0.0164. The molecule has 2 fully saturated rings. The summed E-state index contributed by atoms with van der Waals surface area (Å²) in [6, 6.07) is 10.3. The van der Waals surface area contributed by atoms with Crippen molar-refractivity contribution in [3.05, 3.63) is 42.7 Å². The third-order valence-electron chi connectivity index (χ3n) is 5.21. The second kappa shape index (κ2) is 8.14. The molecule has 7 heteroatoms. The van der Waals surface area contributed by atoms with Crippen molar-refractivity contribution < 1.29 is 4.79 Å². The SMILES string of the molecule is O=C(Nc1ccccc1-n1cccn1)N1CCC(N2CCSCC2)CC1. The molecule has 138 valence electrons. The van der Waals surface area contributed by atoms with Crippen LogP contribution in [-0.2, 0) is 0 Å². The fraction of sp³-hybridized carbons (Fsp3) is 0.474. The lowest BCUT2D eigenvalue weighted by molar-refractivity contribution is 0.130. The van der Waals surface area contributed by atoms with Gasteiger partial charge in [0.1, 0.15) is 0 Å². The molecule has 6 nitrogen and oxygen atoms in total. The van der Waals surface area contributed by atoms with Gasteiger partial charge in [-0.1, -0.05) is 12.1 Å². The molecule has 1 aromatic carbocycles. The highest BCUT2D eigenvalue weighted by Gasteiger charge is 2.28. The molecule has 0 aliphatic carbocycles. The molecular formula is C19H25N5OS. The summed E-state index contributed by atoms with van der Waals surface area (Å²) in [5.74, 6) is 2.48. The van der Waals surface area contributed by atoms with Gasteiger partial charge in [0.15, 0.2) is 0 Å². The summed E-state index contributed by atoms with van der Waals surface area (Å²) >= 11 is 2.05. The zero-order chi connectivity index (χ0) is 17.8. The van der Waals surface area contributed by atoms with E-state index in [-0.39, 0.29) is 6.03 Å². The predicted octanol–water partition coefficient (Wildman–Crippen LogP) is 2.92. The van der Waals surface area contributed by atoms with Crippen LogP contribution in [0.5, 0.6) is 0 Å². The molecular weight excluding hydrogens is 346 g/mol. The summed E-state index contributed by atoms with van der Waals surface area (Å²) in [5.41, 5.74) is 1.67. The molecule has 2 amide bonds. The van der Waals surface area contributed by atoms with E-state index in [4.69, 9.17) is 0 Å². The summed E-state index contributed by atoms with van der Waals surface area (Å²) in [6.07, 6.45) is 5.76. The molecule has 0 atom stereocenters. The van der Waals surface area contributed by atoms with Gasteiger partial charge in [-0.25, -0.2) is 9.48 Å². The van der Waals surface area contributed by atoms with Crippen molar-refractivity contribution in [3.8, 4) is 5.69 Å². The number of rotatable bonds is 3. The molecule has 0 unspecified atom stereocenters. The number of hydrogen-bond acceptors (Lipinski definition) is 4. The third-order valence-corrected chi connectivity index (χ3v) is 6.15. The number of nitrogens with zero attached hydrogens (tertiary/aromatic N) is 4. The second-order valence-electron chi connectivity index (χ2n) is 6.76. The lowest BCUT2D eigenvalue weighted by Crippen LogP contribution is -2.49. The first-order chi connectivity index (χ1) is 12.8.